The van der Waals surface area contributed by atoms with Crippen LogP contribution in [0, 0.1) is 12.7 Å². The number of benzene rings is 3. The normalized spacial score (nSPS) is 16.4. The molecular weight excluding hydrogens is 503 g/mol. The van der Waals surface area contributed by atoms with Gasteiger partial charge in [0, 0.05) is 42.3 Å². The highest BCUT2D eigenvalue weighted by atomic mass is 19.1. The Morgan fingerprint density at radius 1 is 0.925 bits per heavy atom. The fourth-order valence-corrected chi connectivity index (χ4v) is 5.74. The Morgan fingerprint density at radius 3 is 2.38 bits per heavy atom. The zero-order chi connectivity index (χ0) is 27.5. The van der Waals surface area contributed by atoms with Crippen LogP contribution in [-0.4, -0.2) is 53.0 Å². The number of hydrogen-bond donors (Lipinski definition) is 2. The van der Waals surface area contributed by atoms with E-state index in [4.69, 9.17) is 9.97 Å². The van der Waals surface area contributed by atoms with Crippen molar-refractivity contribution in [1.82, 2.24) is 14.9 Å². The average molecular weight is 539 g/mol. The summed E-state index contributed by atoms with van der Waals surface area (Å²) in [6.45, 7) is 7.11. The summed E-state index contributed by atoms with van der Waals surface area (Å²) in [7, 11) is 0. The molecule has 0 radical (unpaired) electrons. The third kappa shape index (κ3) is 5.92. The smallest absolute Gasteiger partial charge is 0.255 e. The summed E-state index contributed by atoms with van der Waals surface area (Å²) in [5.74, 6) is 0.981. The minimum Gasteiger partial charge on any atom is -0.365 e. The summed E-state index contributed by atoms with van der Waals surface area (Å²) in [5, 5.41) is 7.40. The van der Waals surface area contributed by atoms with E-state index in [9.17, 15) is 9.18 Å². The van der Waals surface area contributed by atoms with Gasteiger partial charge in [0.25, 0.3) is 5.91 Å². The number of likely N-dealkylation sites (tertiary alicyclic amines) is 1. The Labute approximate surface area is 234 Å². The molecule has 0 atom stereocenters. The van der Waals surface area contributed by atoms with E-state index in [1.54, 1.807) is 0 Å². The van der Waals surface area contributed by atoms with Gasteiger partial charge in [-0.3, -0.25) is 4.79 Å². The minimum atomic E-state index is -0.366. The fraction of sp³-hybridized carbons (Fsp3) is 0.344. The first-order valence-corrected chi connectivity index (χ1v) is 14.2. The van der Waals surface area contributed by atoms with Crippen molar-refractivity contribution in [3.05, 3.63) is 89.2 Å². The molecule has 2 aliphatic rings. The van der Waals surface area contributed by atoms with Gasteiger partial charge in [0.2, 0.25) is 5.95 Å². The quantitative estimate of drug-likeness (QED) is 0.300. The van der Waals surface area contributed by atoms with Crippen LogP contribution in [0.3, 0.4) is 0 Å². The van der Waals surface area contributed by atoms with Crippen molar-refractivity contribution < 1.29 is 9.18 Å². The molecule has 3 heterocycles. The number of piperidine rings is 1. The molecule has 6 rings (SSSR count). The Hall–Kier alpha value is -4.04. The van der Waals surface area contributed by atoms with Crippen molar-refractivity contribution in [2.45, 2.75) is 45.2 Å². The summed E-state index contributed by atoms with van der Waals surface area (Å²) < 4.78 is 13.2. The van der Waals surface area contributed by atoms with Gasteiger partial charge in [-0.25, -0.2) is 9.37 Å². The minimum absolute atomic E-state index is 0.273. The lowest BCUT2D eigenvalue weighted by Gasteiger charge is -2.36. The lowest BCUT2D eigenvalue weighted by atomic mass is 10.0. The largest absolute Gasteiger partial charge is 0.365 e. The Morgan fingerprint density at radius 2 is 1.65 bits per heavy atom. The molecule has 0 unspecified atom stereocenters. The van der Waals surface area contributed by atoms with Crippen LogP contribution in [-0.2, 0) is 6.54 Å². The van der Waals surface area contributed by atoms with E-state index in [0.29, 0.717) is 23.8 Å². The highest BCUT2D eigenvalue weighted by Crippen LogP contribution is 2.28. The van der Waals surface area contributed by atoms with E-state index in [-0.39, 0.29) is 11.7 Å². The van der Waals surface area contributed by atoms with Crippen molar-refractivity contribution in [2.75, 3.05) is 41.7 Å². The van der Waals surface area contributed by atoms with Gasteiger partial charge in [0.15, 0.2) is 0 Å². The Bertz CT molecular complexity index is 1480. The van der Waals surface area contributed by atoms with Crippen LogP contribution in [0.15, 0.2) is 66.7 Å². The molecule has 2 saturated heterocycles. The number of rotatable bonds is 7. The molecule has 7 nitrogen and oxygen atoms in total. The van der Waals surface area contributed by atoms with Gasteiger partial charge in [0.1, 0.15) is 11.6 Å². The first-order valence-electron chi connectivity index (χ1n) is 14.2. The molecule has 2 aliphatic heterocycles. The molecule has 0 saturated carbocycles. The topological polar surface area (TPSA) is 73.4 Å². The summed E-state index contributed by atoms with van der Waals surface area (Å²) >= 11 is 0. The number of anilines is 3. The summed E-state index contributed by atoms with van der Waals surface area (Å²) in [6.07, 6.45) is 4.97. The van der Waals surface area contributed by atoms with E-state index in [2.05, 4.69) is 45.6 Å². The fourth-order valence-electron chi connectivity index (χ4n) is 5.74. The van der Waals surface area contributed by atoms with Gasteiger partial charge < -0.3 is 20.4 Å². The van der Waals surface area contributed by atoms with Crippen LogP contribution >= 0.6 is 0 Å². The number of aryl methyl sites for hydroxylation is 1. The number of nitrogens with zero attached hydrogens (tertiary/aromatic N) is 4. The van der Waals surface area contributed by atoms with E-state index in [0.717, 1.165) is 54.2 Å². The van der Waals surface area contributed by atoms with E-state index >= 15 is 0 Å². The molecule has 3 aromatic carbocycles. The molecule has 206 valence electrons. The van der Waals surface area contributed by atoms with Crippen LogP contribution < -0.4 is 15.5 Å². The summed E-state index contributed by atoms with van der Waals surface area (Å²) in [6, 6.07) is 20.2. The number of carbonyl (C=O) groups excluding carboxylic acids is 1. The van der Waals surface area contributed by atoms with Crippen molar-refractivity contribution in [3.63, 3.8) is 0 Å². The molecule has 2 N–H and O–H groups in total. The van der Waals surface area contributed by atoms with Crippen molar-refractivity contribution in [1.29, 1.82) is 0 Å². The van der Waals surface area contributed by atoms with Crippen molar-refractivity contribution >= 4 is 34.3 Å². The maximum atomic E-state index is 13.2. The third-order valence-corrected chi connectivity index (χ3v) is 8.02. The van der Waals surface area contributed by atoms with Gasteiger partial charge in [0.05, 0.1) is 5.52 Å². The molecule has 0 spiro atoms. The SMILES string of the molecule is Cc1ccc2c(NCc3ccc(NC(=O)c4ccc(F)cc4)cc3)nc(N3CCC(N4CCCC4)CC3)nc2c1. The highest BCUT2D eigenvalue weighted by Gasteiger charge is 2.27. The zero-order valence-corrected chi connectivity index (χ0v) is 22.9. The van der Waals surface area contributed by atoms with Crippen LogP contribution in [0.2, 0.25) is 0 Å². The Balaban J connectivity index is 1.14. The van der Waals surface area contributed by atoms with Gasteiger partial charge >= 0.3 is 0 Å². The first-order chi connectivity index (χ1) is 19.5. The molecule has 4 aromatic rings. The first kappa shape index (κ1) is 26.2. The molecule has 1 amide bonds. The van der Waals surface area contributed by atoms with Gasteiger partial charge in [-0.15, -0.1) is 0 Å². The zero-order valence-electron chi connectivity index (χ0n) is 22.9. The van der Waals surface area contributed by atoms with Crippen molar-refractivity contribution in [2.24, 2.45) is 0 Å². The number of fused-ring (bicyclic) bond motifs is 1. The maximum Gasteiger partial charge on any atom is 0.255 e. The number of nitrogens with one attached hydrogen (secondary N) is 2. The number of hydrogen-bond acceptors (Lipinski definition) is 6. The predicted molar refractivity (Wildman–Crippen MR) is 158 cm³/mol. The predicted octanol–water partition coefficient (Wildman–Crippen LogP) is 6.01. The van der Waals surface area contributed by atoms with Gasteiger partial charge in [-0.2, -0.15) is 4.98 Å². The summed E-state index contributed by atoms with van der Waals surface area (Å²) in [5.41, 5.74) is 4.28. The standard InChI is InChI=1S/C32H35FN6O/c1-22-4-13-28-29(20-22)36-32(39-18-14-27(15-19-39)38-16-2-3-17-38)37-30(28)34-21-23-5-11-26(12-6-23)35-31(40)24-7-9-25(33)10-8-24/h4-13,20,27H,2-3,14-19,21H2,1H3,(H,35,40)(H,34,36,37). The van der Waals surface area contributed by atoms with Crippen LogP contribution in [0.4, 0.5) is 21.8 Å². The van der Waals surface area contributed by atoms with E-state index in [1.165, 1.54) is 55.8 Å². The van der Waals surface area contributed by atoms with E-state index < -0.39 is 0 Å². The van der Waals surface area contributed by atoms with Crippen LogP contribution in [0.1, 0.15) is 47.2 Å². The molecule has 40 heavy (non-hydrogen) atoms. The van der Waals surface area contributed by atoms with Crippen LogP contribution in [0.25, 0.3) is 10.9 Å². The lowest BCUT2D eigenvalue weighted by Crippen LogP contribution is -2.44. The molecule has 0 bridgehead atoms. The number of aromatic nitrogens is 2. The second-order valence-corrected chi connectivity index (χ2v) is 10.9. The van der Waals surface area contributed by atoms with Crippen LogP contribution in [0.5, 0.6) is 0 Å². The molecule has 1 aromatic heterocycles. The molecule has 0 aliphatic carbocycles. The second-order valence-electron chi connectivity index (χ2n) is 10.9. The average Bonchev–Trinajstić information content (AvgIpc) is 3.52. The van der Waals surface area contributed by atoms with E-state index in [1.807, 2.05) is 24.3 Å². The number of amides is 1. The molecule has 2 fully saturated rings. The highest BCUT2D eigenvalue weighted by molar-refractivity contribution is 6.04. The summed E-state index contributed by atoms with van der Waals surface area (Å²) in [4.78, 5) is 27.4. The lowest BCUT2D eigenvalue weighted by molar-refractivity contribution is 0.102. The van der Waals surface area contributed by atoms with Gasteiger partial charge in [-0.05, 0) is 105 Å². The third-order valence-electron chi connectivity index (χ3n) is 8.02. The maximum absolute atomic E-state index is 13.2. The van der Waals surface area contributed by atoms with Gasteiger partial charge in [-0.1, -0.05) is 18.2 Å². The molecule has 8 heteroatoms. The second kappa shape index (κ2) is 11.6. The Kier molecular flexibility index (Phi) is 7.60. The number of halogens is 1. The molecular formula is C32H35FN6O. The monoisotopic (exact) mass is 538 g/mol. The van der Waals surface area contributed by atoms with Crippen molar-refractivity contribution in [3.8, 4) is 0 Å². The number of carbonyl (C=O) groups is 1.